The number of piperidine rings is 1. The molecule has 0 aliphatic carbocycles. The van der Waals surface area contributed by atoms with Crippen molar-refractivity contribution in [3.8, 4) is 16.9 Å². The maximum atomic E-state index is 15.9. The van der Waals surface area contributed by atoms with Gasteiger partial charge in [-0.25, -0.2) is 14.4 Å². The van der Waals surface area contributed by atoms with Gasteiger partial charge >= 0.3 is 0 Å². The number of aromatic nitrogens is 5. The van der Waals surface area contributed by atoms with Crippen molar-refractivity contribution in [1.82, 2.24) is 30.3 Å². The lowest BCUT2D eigenvalue weighted by atomic mass is 10.0. The summed E-state index contributed by atoms with van der Waals surface area (Å²) < 4.78 is 17.4. The topological polar surface area (TPSA) is 88.8 Å². The normalized spacial score (nSPS) is 15.2. The number of nitrogens with one attached hydrogen (secondary N) is 1. The fraction of sp³-hybridized carbons (Fsp3) is 0.182. The van der Waals surface area contributed by atoms with E-state index >= 15 is 4.39 Å². The van der Waals surface area contributed by atoms with Gasteiger partial charge in [-0.3, -0.25) is 9.69 Å². The van der Waals surface area contributed by atoms with Gasteiger partial charge in [0, 0.05) is 29.8 Å². The summed E-state index contributed by atoms with van der Waals surface area (Å²) in [6, 6.07) is 25.8. The molecule has 6 aromatic rings. The molecule has 1 N–H and O–H groups in total. The number of fused-ring (bicyclic) bond motifs is 2. The van der Waals surface area contributed by atoms with Crippen LogP contribution in [-0.2, 0) is 0 Å². The van der Waals surface area contributed by atoms with Crippen molar-refractivity contribution in [3.63, 3.8) is 0 Å². The predicted octanol–water partition coefficient (Wildman–Crippen LogP) is 5.88. The quantitative estimate of drug-likeness (QED) is 0.285. The molecule has 1 saturated heterocycles. The van der Waals surface area contributed by atoms with Crippen LogP contribution in [0.2, 0.25) is 0 Å². The number of carbonyl (C=O) groups is 1. The molecular formula is C33H28FN7O. The first-order valence-corrected chi connectivity index (χ1v) is 14.0. The van der Waals surface area contributed by atoms with Crippen LogP contribution >= 0.6 is 0 Å². The lowest BCUT2D eigenvalue weighted by Crippen LogP contribution is -2.49. The Morgan fingerprint density at radius 2 is 1.90 bits per heavy atom. The van der Waals surface area contributed by atoms with Crippen LogP contribution in [0.5, 0.6) is 0 Å². The van der Waals surface area contributed by atoms with Crippen molar-refractivity contribution in [3.05, 3.63) is 108 Å². The number of aryl methyl sites for hydroxylation is 1. The van der Waals surface area contributed by atoms with Gasteiger partial charge in [0.25, 0.3) is 5.91 Å². The molecule has 42 heavy (non-hydrogen) atoms. The predicted molar refractivity (Wildman–Crippen MR) is 161 cm³/mol. The second-order valence-corrected chi connectivity index (χ2v) is 10.6. The molecule has 8 nitrogen and oxygen atoms in total. The first-order valence-electron chi connectivity index (χ1n) is 14.0. The molecule has 9 heteroatoms. The molecule has 7 rings (SSSR count). The number of halogens is 1. The number of carbonyl (C=O) groups excluding carboxylic acids is 1. The van der Waals surface area contributed by atoms with Gasteiger partial charge < -0.3 is 5.32 Å². The minimum absolute atomic E-state index is 0.0286. The Labute approximate surface area is 241 Å². The number of pyridine rings is 2. The minimum atomic E-state index is -0.647. The van der Waals surface area contributed by atoms with E-state index in [9.17, 15) is 4.79 Å². The third kappa shape index (κ3) is 4.57. The molecule has 0 unspecified atom stereocenters. The highest BCUT2D eigenvalue weighted by atomic mass is 19.1. The first-order chi connectivity index (χ1) is 20.6. The average molecular weight is 558 g/mol. The van der Waals surface area contributed by atoms with Gasteiger partial charge in [-0.1, -0.05) is 53.7 Å². The van der Waals surface area contributed by atoms with Crippen LogP contribution in [0.3, 0.4) is 0 Å². The molecule has 0 bridgehead atoms. The highest BCUT2D eigenvalue weighted by molar-refractivity contribution is 6.11. The maximum absolute atomic E-state index is 15.9. The van der Waals surface area contributed by atoms with E-state index in [1.54, 1.807) is 17.2 Å². The summed E-state index contributed by atoms with van der Waals surface area (Å²) >= 11 is 0. The number of benzene rings is 3. The van der Waals surface area contributed by atoms with Crippen molar-refractivity contribution in [1.29, 1.82) is 0 Å². The van der Waals surface area contributed by atoms with E-state index in [0.717, 1.165) is 47.0 Å². The van der Waals surface area contributed by atoms with Gasteiger partial charge in [-0.2, -0.15) is 4.68 Å². The Morgan fingerprint density at radius 3 is 2.71 bits per heavy atom. The van der Waals surface area contributed by atoms with Gasteiger partial charge in [-0.15, -0.1) is 5.10 Å². The van der Waals surface area contributed by atoms with Gasteiger partial charge in [0.2, 0.25) is 0 Å². The zero-order valence-corrected chi connectivity index (χ0v) is 23.0. The summed E-state index contributed by atoms with van der Waals surface area (Å²) in [6.07, 6.45) is 3.42. The van der Waals surface area contributed by atoms with E-state index in [0.29, 0.717) is 29.2 Å². The van der Waals surface area contributed by atoms with Crippen LogP contribution in [0, 0.1) is 12.7 Å². The highest BCUT2D eigenvalue weighted by Crippen LogP contribution is 2.32. The van der Waals surface area contributed by atoms with E-state index in [1.807, 2.05) is 73.7 Å². The first kappa shape index (κ1) is 25.9. The number of nitrogens with zero attached hydrogens (tertiary/aromatic N) is 6. The second-order valence-electron chi connectivity index (χ2n) is 10.6. The van der Waals surface area contributed by atoms with Crippen molar-refractivity contribution in [2.75, 3.05) is 18.0 Å². The van der Waals surface area contributed by atoms with E-state index < -0.39 is 11.7 Å². The second kappa shape index (κ2) is 10.8. The van der Waals surface area contributed by atoms with Crippen LogP contribution in [0.4, 0.5) is 10.2 Å². The van der Waals surface area contributed by atoms with E-state index in [-0.39, 0.29) is 11.6 Å². The number of amides is 1. The average Bonchev–Trinajstić information content (AvgIpc) is 3.46. The molecular weight excluding hydrogens is 529 g/mol. The van der Waals surface area contributed by atoms with E-state index in [1.165, 1.54) is 16.8 Å². The van der Waals surface area contributed by atoms with Crippen LogP contribution < -0.4 is 10.2 Å². The molecule has 1 aliphatic heterocycles. The molecule has 208 valence electrons. The molecule has 1 atom stereocenters. The number of hydrogen-bond donors (Lipinski definition) is 1. The molecule has 0 radical (unpaired) electrons. The summed E-state index contributed by atoms with van der Waals surface area (Å²) in [6.45, 7) is 3.50. The van der Waals surface area contributed by atoms with Crippen LogP contribution in [-0.4, -0.2) is 50.0 Å². The van der Waals surface area contributed by atoms with Crippen LogP contribution in [0.25, 0.3) is 38.9 Å². The minimum Gasteiger partial charge on any atom is -0.315 e. The Morgan fingerprint density at radius 1 is 1.02 bits per heavy atom. The summed E-state index contributed by atoms with van der Waals surface area (Å²) in [7, 11) is 0. The smallest absolute Gasteiger partial charge is 0.262 e. The highest BCUT2D eigenvalue weighted by Gasteiger charge is 2.32. The third-order valence-corrected chi connectivity index (χ3v) is 7.86. The van der Waals surface area contributed by atoms with Gasteiger partial charge in [0.15, 0.2) is 5.65 Å². The Bertz CT molecular complexity index is 1930. The zero-order chi connectivity index (χ0) is 28.6. The molecule has 1 fully saturated rings. The fourth-order valence-electron chi connectivity index (χ4n) is 5.75. The van der Waals surface area contributed by atoms with Crippen molar-refractivity contribution < 1.29 is 9.18 Å². The van der Waals surface area contributed by atoms with Crippen molar-refractivity contribution >= 4 is 33.7 Å². The van der Waals surface area contributed by atoms with E-state index in [4.69, 9.17) is 4.98 Å². The molecule has 0 saturated carbocycles. The molecule has 1 amide bonds. The third-order valence-electron chi connectivity index (χ3n) is 7.86. The van der Waals surface area contributed by atoms with Crippen molar-refractivity contribution in [2.45, 2.75) is 25.8 Å². The molecule has 3 aromatic carbocycles. The van der Waals surface area contributed by atoms with Gasteiger partial charge in [0.05, 0.1) is 23.0 Å². The SMILES string of the molecule is Cc1cccc2ccnc(N(C(=O)c3ccc(-n4nnc5ccc(-c6ccccc6)nc54)cc3F)[C@@H]3CCCNC3)c12. The van der Waals surface area contributed by atoms with Gasteiger partial charge in [-0.05, 0) is 67.6 Å². The molecule has 3 aromatic heterocycles. The summed E-state index contributed by atoms with van der Waals surface area (Å²) in [4.78, 5) is 25.3. The number of anilines is 1. The van der Waals surface area contributed by atoms with Crippen LogP contribution in [0.1, 0.15) is 28.8 Å². The zero-order valence-electron chi connectivity index (χ0n) is 23.0. The molecule has 0 spiro atoms. The van der Waals surface area contributed by atoms with Crippen LogP contribution in [0.15, 0.2) is 91.1 Å². The largest absolute Gasteiger partial charge is 0.315 e. The monoisotopic (exact) mass is 557 g/mol. The lowest BCUT2D eigenvalue weighted by Gasteiger charge is -2.35. The Balaban J connectivity index is 1.29. The van der Waals surface area contributed by atoms with E-state index in [2.05, 4.69) is 20.6 Å². The fourth-order valence-corrected chi connectivity index (χ4v) is 5.75. The lowest BCUT2D eigenvalue weighted by molar-refractivity contribution is 0.0968. The Kier molecular flexibility index (Phi) is 6.64. The Hall–Kier alpha value is -5.02. The molecule has 1 aliphatic rings. The number of hydrogen-bond acceptors (Lipinski definition) is 6. The van der Waals surface area contributed by atoms with Crippen molar-refractivity contribution in [2.24, 2.45) is 0 Å². The number of rotatable bonds is 5. The summed E-state index contributed by atoms with van der Waals surface area (Å²) in [5, 5.41) is 13.7. The summed E-state index contributed by atoms with van der Waals surface area (Å²) in [5.41, 5.74) is 4.20. The maximum Gasteiger partial charge on any atom is 0.262 e. The van der Waals surface area contributed by atoms with Gasteiger partial charge in [0.1, 0.15) is 17.2 Å². The molecule has 4 heterocycles. The summed E-state index contributed by atoms with van der Waals surface area (Å²) in [5.74, 6) is -0.525. The standard InChI is InChI=1S/C33H28FN7O/c1-21-7-5-10-23-16-18-36-32(30(21)23)40(25-11-6-17-35-20-25)33(42)26-13-12-24(19-27(26)34)41-31-29(38-39-41)15-14-28(37-31)22-8-3-2-4-9-22/h2-5,7-10,12-16,18-19,25,35H,6,11,17,20H2,1H3/t25-/m1/s1.